The van der Waals surface area contributed by atoms with Gasteiger partial charge in [0.05, 0.1) is 12.3 Å². The van der Waals surface area contributed by atoms with Crippen molar-refractivity contribution in [2.45, 2.75) is 38.6 Å². The number of aromatic nitrogens is 1. The maximum absolute atomic E-state index is 6.26. The molecule has 0 unspecified atom stereocenters. The zero-order valence-electron chi connectivity index (χ0n) is 14.7. The summed E-state index contributed by atoms with van der Waals surface area (Å²) in [6, 6.07) is 6.22. The van der Waals surface area contributed by atoms with Gasteiger partial charge < -0.3 is 9.47 Å². The minimum Gasteiger partial charge on any atom is -0.381 e. The molecule has 0 bridgehead atoms. The third kappa shape index (κ3) is 3.66. The van der Waals surface area contributed by atoms with Crippen LogP contribution < -0.4 is 0 Å². The molecule has 4 heteroatoms. The third-order valence-electron chi connectivity index (χ3n) is 6.31. The molecule has 0 radical (unpaired) electrons. The Morgan fingerprint density at radius 1 is 1.25 bits per heavy atom. The summed E-state index contributed by atoms with van der Waals surface area (Å²) in [7, 11) is 0. The quantitative estimate of drug-likeness (QED) is 0.803. The molecular weight excluding hydrogens is 300 g/mol. The molecule has 1 aromatic heterocycles. The summed E-state index contributed by atoms with van der Waals surface area (Å²) < 4.78 is 11.7. The zero-order chi connectivity index (χ0) is 16.2. The van der Waals surface area contributed by atoms with Crippen molar-refractivity contribution >= 4 is 0 Å². The van der Waals surface area contributed by atoms with Crippen molar-refractivity contribution in [3.8, 4) is 0 Å². The maximum atomic E-state index is 6.26. The van der Waals surface area contributed by atoms with E-state index in [4.69, 9.17) is 9.47 Å². The fourth-order valence-electron chi connectivity index (χ4n) is 4.94. The van der Waals surface area contributed by atoms with Crippen molar-refractivity contribution < 1.29 is 9.47 Å². The van der Waals surface area contributed by atoms with E-state index in [0.717, 1.165) is 38.9 Å². The van der Waals surface area contributed by atoms with E-state index in [0.29, 0.717) is 11.3 Å². The second-order valence-electron chi connectivity index (χ2n) is 8.01. The Kier molecular flexibility index (Phi) is 5.16. The molecule has 0 spiro atoms. The van der Waals surface area contributed by atoms with Crippen LogP contribution in [-0.4, -0.2) is 49.4 Å². The minimum atomic E-state index is 0.403. The standard InChI is InChI=1S/C20H30N2O2/c1-2-9-21-19(5-1)13-22-12-18-4-3-8-20(18,15-22)16-24-14-17-6-10-23-11-7-17/h1-2,5,9,17-18H,3-4,6-8,10-16H2/t18-,20+/m0/s1. The van der Waals surface area contributed by atoms with Crippen LogP contribution in [0.3, 0.4) is 0 Å². The van der Waals surface area contributed by atoms with E-state index in [1.165, 1.54) is 50.9 Å². The SMILES string of the molecule is c1ccc(CN2C[C@@H]3CCC[C@]3(COCC3CCOCC3)C2)nc1. The van der Waals surface area contributed by atoms with Gasteiger partial charge >= 0.3 is 0 Å². The van der Waals surface area contributed by atoms with Crippen molar-refractivity contribution in [2.75, 3.05) is 39.5 Å². The highest BCUT2D eigenvalue weighted by Gasteiger charge is 2.49. The maximum Gasteiger partial charge on any atom is 0.0543 e. The highest BCUT2D eigenvalue weighted by atomic mass is 16.5. The molecule has 0 amide bonds. The van der Waals surface area contributed by atoms with Crippen LogP contribution in [0.5, 0.6) is 0 Å². The Morgan fingerprint density at radius 3 is 3.00 bits per heavy atom. The van der Waals surface area contributed by atoms with Gasteiger partial charge in [0.1, 0.15) is 0 Å². The molecule has 0 N–H and O–H groups in total. The lowest BCUT2D eigenvalue weighted by molar-refractivity contribution is -0.0127. The lowest BCUT2D eigenvalue weighted by Gasteiger charge is -2.30. The highest BCUT2D eigenvalue weighted by molar-refractivity contribution is 5.06. The highest BCUT2D eigenvalue weighted by Crippen LogP contribution is 2.49. The minimum absolute atomic E-state index is 0.403. The van der Waals surface area contributed by atoms with Crippen LogP contribution >= 0.6 is 0 Å². The Hall–Kier alpha value is -0.970. The first-order valence-electron chi connectivity index (χ1n) is 9.62. The molecule has 1 aromatic rings. The Labute approximate surface area is 145 Å². The normalized spacial score (nSPS) is 31.4. The summed E-state index contributed by atoms with van der Waals surface area (Å²) in [4.78, 5) is 7.10. The van der Waals surface area contributed by atoms with Gasteiger partial charge in [0.25, 0.3) is 0 Å². The Bertz CT molecular complexity index is 518. The Morgan fingerprint density at radius 2 is 2.17 bits per heavy atom. The number of rotatable bonds is 6. The van der Waals surface area contributed by atoms with Crippen molar-refractivity contribution in [1.29, 1.82) is 0 Å². The topological polar surface area (TPSA) is 34.6 Å². The molecule has 3 aliphatic rings. The molecule has 4 nitrogen and oxygen atoms in total. The predicted octanol–water partition coefficient (Wildman–Crippen LogP) is 3.13. The summed E-state index contributed by atoms with van der Waals surface area (Å²) in [5.74, 6) is 1.52. The van der Waals surface area contributed by atoms with Crippen LogP contribution in [0.15, 0.2) is 24.4 Å². The third-order valence-corrected chi connectivity index (χ3v) is 6.31. The van der Waals surface area contributed by atoms with Gasteiger partial charge in [-0.3, -0.25) is 9.88 Å². The average Bonchev–Trinajstić information content (AvgIpc) is 3.13. The van der Waals surface area contributed by atoms with E-state index in [2.05, 4.69) is 22.0 Å². The number of pyridine rings is 1. The fourth-order valence-corrected chi connectivity index (χ4v) is 4.94. The van der Waals surface area contributed by atoms with Crippen molar-refractivity contribution in [3.05, 3.63) is 30.1 Å². The van der Waals surface area contributed by atoms with Crippen LogP contribution in [0.1, 0.15) is 37.8 Å². The van der Waals surface area contributed by atoms with Gasteiger partial charge in [-0.25, -0.2) is 0 Å². The van der Waals surface area contributed by atoms with Gasteiger partial charge in [-0.05, 0) is 49.7 Å². The molecule has 1 saturated carbocycles. The van der Waals surface area contributed by atoms with Crippen LogP contribution in [0.25, 0.3) is 0 Å². The molecule has 3 heterocycles. The smallest absolute Gasteiger partial charge is 0.0543 e. The molecule has 1 aliphatic carbocycles. The molecule has 4 rings (SSSR count). The molecule has 2 saturated heterocycles. The number of hydrogen-bond donors (Lipinski definition) is 0. The average molecular weight is 330 g/mol. The van der Waals surface area contributed by atoms with Crippen molar-refractivity contribution in [1.82, 2.24) is 9.88 Å². The molecule has 24 heavy (non-hydrogen) atoms. The summed E-state index contributed by atoms with van der Waals surface area (Å²) >= 11 is 0. The van der Waals surface area contributed by atoms with E-state index < -0.39 is 0 Å². The summed E-state index contributed by atoms with van der Waals surface area (Å²) in [5, 5.41) is 0. The molecule has 132 valence electrons. The molecule has 2 aliphatic heterocycles. The van der Waals surface area contributed by atoms with Gasteiger partial charge in [0.2, 0.25) is 0 Å². The monoisotopic (exact) mass is 330 g/mol. The second-order valence-corrected chi connectivity index (χ2v) is 8.01. The number of ether oxygens (including phenoxy) is 2. The Balaban J connectivity index is 1.31. The van der Waals surface area contributed by atoms with E-state index in [-0.39, 0.29) is 0 Å². The van der Waals surface area contributed by atoms with Gasteiger partial charge in [0.15, 0.2) is 0 Å². The van der Waals surface area contributed by atoms with Gasteiger partial charge in [-0.2, -0.15) is 0 Å². The first-order valence-corrected chi connectivity index (χ1v) is 9.62. The lowest BCUT2D eigenvalue weighted by atomic mass is 9.81. The molecule has 2 atom stereocenters. The summed E-state index contributed by atoms with van der Waals surface area (Å²) in [6.07, 6.45) is 8.33. The molecular formula is C20H30N2O2. The van der Waals surface area contributed by atoms with E-state index >= 15 is 0 Å². The van der Waals surface area contributed by atoms with Crippen molar-refractivity contribution in [2.24, 2.45) is 17.3 Å². The largest absolute Gasteiger partial charge is 0.381 e. The van der Waals surface area contributed by atoms with Gasteiger partial charge in [0, 0.05) is 51.1 Å². The van der Waals surface area contributed by atoms with E-state index in [1.54, 1.807) is 0 Å². The zero-order valence-corrected chi connectivity index (χ0v) is 14.7. The number of hydrogen-bond acceptors (Lipinski definition) is 4. The summed E-state index contributed by atoms with van der Waals surface area (Å²) in [6.45, 7) is 7.10. The van der Waals surface area contributed by atoms with Gasteiger partial charge in [-0.15, -0.1) is 0 Å². The van der Waals surface area contributed by atoms with Crippen LogP contribution in [0.4, 0.5) is 0 Å². The van der Waals surface area contributed by atoms with E-state index in [9.17, 15) is 0 Å². The predicted molar refractivity (Wildman–Crippen MR) is 93.7 cm³/mol. The first-order chi connectivity index (χ1) is 11.8. The lowest BCUT2D eigenvalue weighted by Crippen LogP contribution is -2.33. The second kappa shape index (κ2) is 7.51. The number of likely N-dealkylation sites (tertiary alicyclic amines) is 1. The van der Waals surface area contributed by atoms with E-state index in [1.807, 2.05) is 12.3 Å². The van der Waals surface area contributed by atoms with Gasteiger partial charge in [-0.1, -0.05) is 12.5 Å². The van der Waals surface area contributed by atoms with Crippen LogP contribution in [-0.2, 0) is 16.0 Å². The van der Waals surface area contributed by atoms with Crippen LogP contribution in [0.2, 0.25) is 0 Å². The van der Waals surface area contributed by atoms with Crippen molar-refractivity contribution in [3.63, 3.8) is 0 Å². The summed E-state index contributed by atoms with van der Waals surface area (Å²) in [5.41, 5.74) is 1.59. The fraction of sp³-hybridized carbons (Fsp3) is 0.750. The number of fused-ring (bicyclic) bond motifs is 1. The molecule has 3 fully saturated rings. The first kappa shape index (κ1) is 16.5. The number of nitrogens with zero attached hydrogens (tertiary/aromatic N) is 2. The van der Waals surface area contributed by atoms with Crippen LogP contribution in [0, 0.1) is 17.3 Å². The molecule has 0 aromatic carbocycles.